The fraction of sp³-hybridized carbons (Fsp3) is 0.500. The van der Waals surface area contributed by atoms with Gasteiger partial charge in [0.2, 0.25) is 5.91 Å². The van der Waals surface area contributed by atoms with Crippen LogP contribution in [0, 0.1) is 0 Å². The number of carbonyl (C=O) groups is 1. The van der Waals surface area contributed by atoms with Crippen molar-refractivity contribution in [1.29, 1.82) is 0 Å². The number of hydrogen-bond acceptors (Lipinski definition) is 3. The molecule has 98 valence electrons. The highest BCUT2D eigenvalue weighted by atomic mass is 16.1. The first-order valence-electron chi connectivity index (χ1n) is 6.54. The lowest BCUT2D eigenvalue weighted by molar-refractivity contribution is -0.119. The predicted octanol–water partition coefficient (Wildman–Crippen LogP) is 1.14. The molecule has 1 aliphatic rings. The summed E-state index contributed by atoms with van der Waals surface area (Å²) < 4.78 is 0. The lowest BCUT2D eigenvalue weighted by atomic mass is 10.1. The number of benzene rings is 1. The van der Waals surface area contributed by atoms with Gasteiger partial charge in [0.25, 0.3) is 0 Å². The quantitative estimate of drug-likeness (QED) is 0.731. The zero-order valence-electron chi connectivity index (χ0n) is 10.8. The molecule has 1 aromatic carbocycles. The van der Waals surface area contributed by atoms with E-state index in [1.165, 1.54) is 12.8 Å². The normalized spacial score (nSPS) is 18.6. The Kier molecular flexibility index (Phi) is 4.59. The number of anilines is 1. The summed E-state index contributed by atoms with van der Waals surface area (Å²) >= 11 is 0. The summed E-state index contributed by atoms with van der Waals surface area (Å²) in [6.07, 6.45) is 2.97. The summed E-state index contributed by atoms with van der Waals surface area (Å²) in [7, 11) is 1.66. The fourth-order valence-electron chi connectivity index (χ4n) is 2.19. The van der Waals surface area contributed by atoms with Crippen molar-refractivity contribution in [3.63, 3.8) is 0 Å². The summed E-state index contributed by atoms with van der Waals surface area (Å²) in [5.41, 5.74) is 2.16. The first kappa shape index (κ1) is 12.9. The van der Waals surface area contributed by atoms with Crippen LogP contribution < -0.4 is 16.0 Å². The molecular weight excluding hydrogens is 226 g/mol. The maximum absolute atomic E-state index is 11.2. The average molecular weight is 247 g/mol. The Bertz CT molecular complexity index is 383. The van der Waals surface area contributed by atoms with Gasteiger partial charge in [-0.1, -0.05) is 12.1 Å². The molecule has 1 heterocycles. The molecule has 2 rings (SSSR count). The molecular formula is C14H21N3O. The van der Waals surface area contributed by atoms with E-state index in [0.717, 1.165) is 24.3 Å². The smallest absolute Gasteiger partial charge is 0.224 e. The van der Waals surface area contributed by atoms with E-state index in [0.29, 0.717) is 12.5 Å². The second-order valence-corrected chi connectivity index (χ2v) is 4.72. The van der Waals surface area contributed by atoms with Crippen molar-refractivity contribution in [3.8, 4) is 0 Å². The summed E-state index contributed by atoms with van der Waals surface area (Å²) in [5.74, 6) is 0.0471. The monoisotopic (exact) mass is 247 g/mol. The molecule has 1 saturated heterocycles. The van der Waals surface area contributed by atoms with Crippen molar-refractivity contribution in [2.24, 2.45) is 0 Å². The van der Waals surface area contributed by atoms with Gasteiger partial charge in [0.1, 0.15) is 0 Å². The second-order valence-electron chi connectivity index (χ2n) is 4.72. The average Bonchev–Trinajstić information content (AvgIpc) is 2.91. The number of rotatable bonds is 5. The van der Waals surface area contributed by atoms with Crippen molar-refractivity contribution in [2.75, 3.05) is 25.5 Å². The standard InChI is InChI=1S/C14H21N3O/c1-15-14(18)9-11-4-6-12(7-5-11)17-10-13-3-2-8-16-13/h4-7,13,16-17H,2-3,8-10H2,1H3,(H,15,18). The highest BCUT2D eigenvalue weighted by Crippen LogP contribution is 2.12. The SMILES string of the molecule is CNC(=O)Cc1ccc(NCC2CCCN2)cc1. The molecule has 4 heteroatoms. The van der Waals surface area contributed by atoms with E-state index in [4.69, 9.17) is 0 Å². The van der Waals surface area contributed by atoms with Gasteiger partial charge in [-0.25, -0.2) is 0 Å². The third-order valence-corrected chi connectivity index (χ3v) is 3.31. The minimum atomic E-state index is 0.0471. The Hall–Kier alpha value is -1.55. The van der Waals surface area contributed by atoms with Crippen molar-refractivity contribution in [1.82, 2.24) is 10.6 Å². The highest BCUT2D eigenvalue weighted by Gasteiger charge is 2.12. The topological polar surface area (TPSA) is 53.2 Å². The number of hydrogen-bond donors (Lipinski definition) is 3. The van der Waals surface area contributed by atoms with Crippen molar-refractivity contribution < 1.29 is 4.79 Å². The zero-order valence-corrected chi connectivity index (χ0v) is 10.8. The molecule has 1 fully saturated rings. The van der Waals surface area contributed by atoms with E-state index in [-0.39, 0.29) is 5.91 Å². The van der Waals surface area contributed by atoms with Gasteiger partial charge >= 0.3 is 0 Å². The Balaban J connectivity index is 1.81. The lowest BCUT2D eigenvalue weighted by Gasteiger charge is -2.12. The maximum Gasteiger partial charge on any atom is 0.224 e. The zero-order chi connectivity index (χ0) is 12.8. The van der Waals surface area contributed by atoms with Crippen LogP contribution in [0.2, 0.25) is 0 Å². The Labute approximate surface area is 108 Å². The number of likely N-dealkylation sites (N-methyl/N-ethyl adjacent to an activating group) is 1. The predicted molar refractivity (Wildman–Crippen MR) is 73.7 cm³/mol. The van der Waals surface area contributed by atoms with Crippen molar-refractivity contribution in [2.45, 2.75) is 25.3 Å². The van der Waals surface area contributed by atoms with E-state index in [1.54, 1.807) is 7.05 Å². The van der Waals surface area contributed by atoms with E-state index >= 15 is 0 Å². The second kappa shape index (κ2) is 6.40. The molecule has 4 nitrogen and oxygen atoms in total. The summed E-state index contributed by atoms with van der Waals surface area (Å²) in [6.45, 7) is 2.10. The molecule has 0 spiro atoms. The van der Waals surface area contributed by atoms with Crippen LogP contribution in [-0.4, -0.2) is 32.1 Å². The molecule has 1 amide bonds. The van der Waals surface area contributed by atoms with Crippen molar-refractivity contribution >= 4 is 11.6 Å². The van der Waals surface area contributed by atoms with Gasteiger partial charge in [-0.3, -0.25) is 4.79 Å². The molecule has 18 heavy (non-hydrogen) atoms. The summed E-state index contributed by atoms with van der Waals surface area (Å²) in [4.78, 5) is 11.2. The van der Waals surface area contributed by atoms with Crippen LogP contribution in [0.5, 0.6) is 0 Å². The number of nitrogens with one attached hydrogen (secondary N) is 3. The minimum absolute atomic E-state index is 0.0471. The number of carbonyl (C=O) groups excluding carboxylic acids is 1. The van der Waals surface area contributed by atoms with E-state index in [1.807, 2.05) is 24.3 Å². The summed E-state index contributed by atoms with van der Waals surface area (Å²) in [6, 6.07) is 8.66. The van der Waals surface area contributed by atoms with Crippen LogP contribution in [0.15, 0.2) is 24.3 Å². The number of amides is 1. The van der Waals surface area contributed by atoms with Gasteiger partial charge in [0.05, 0.1) is 6.42 Å². The maximum atomic E-state index is 11.2. The van der Waals surface area contributed by atoms with Crippen LogP contribution >= 0.6 is 0 Å². The Morgan fingerprint density at radius 2 is 2.17 bits per heavy atom. The lowest BCUT2D eigenvalue weighted by Crippen LogP contribution is -2.29. The molecule has 1 unspecified atom stereocenters. The highest BCUT2D eigenvalue weighted by molar-refractivity contribution is 5.78. The Morgan fingerprint density at radius 3 is 2.78 bits per heavy atom. The Morgan fingerprint density at radius 1 is 1.39 bits per heavy atom. The fourth-order valence-corrected chi connectivity index (χ4v) is 2.19. The summed E-state index contributed by atoms with van der Waals surface area (Å²) in [5, 5.41) is 9.50. The first-order valence-corrected chi connectivity index (χ1v) is 6.54. The largest absolute Gasteiger partial charge is 0.383 e. The molecule has 0 aromatic heterocycles. The van der Waals surface area contributed by atoms with Crippen LogP contribution in [0.1, 0.15) is 18.4 Å². The van der Waals surface area contributed by atoms with E-state index < -0.39 is 0 Å². The minimum Gasteiger partial charge on any atom is -0.383 e. The molecule has 1 aromatic rings. The molecule has 0 saturated carbocycles. The third kappa shape index (κ3) is 3.74. The van der Waals surface area contributed by atoms with Crippen LogP contribution in [0.3, 0.4) is 0 Å². The van der Waals surface area contributed by atoms with Crippen LogP contribution in [0.25, 0.3) is 0 Å². The van der Waals surface area contributed by atoms with E-state index in [2.05, 4.69) is 16.0 Å². The molecule has 3 N–H and O–H groups in total. The third-order valence-electron chi connectivity index (χ3n) is 3.31. The van der Waals surface area contributed by atoms with Crippen LogP contribution in [0.4, 0.5) is 5.69 Å². The molecule has 1 atom stereocenters. The van der Waals surface area contributed by atoms with Gasteiger partial charge in [-0.2, -0.15) is 0 Å². The molecule has 0 aliphatic carbocycles. The van der Waals surface area contributed by atoms with Gasteiger partial charge < -0.3 is 16.0 Å². The van der Waals surface area contributed by atoms with Crippen LogP contribution in [-0.2, 0) is 11.2 Å². The van der Waals surface area contributed by atoms with Crippen molar-refractivity contribution in [3.05, 3.63) is 29.8 Å². The molecule has 1 aliphatic heterocycles. The molecule has 0 radical (unpaired) electrons. The van der Waals surface area contributed by atoms with Gasteiger partial charge in [-0.15, -0.1) is 0 Å². The van der Waals surface area contributed by atoms with Gasteiger partial charge in [0, 0.05) is 25.3 Å². The van der Waals surface area contributed by atoms with Gasteiger partial charge in [0.15, 0.2) is 0 Å². The first-order chi connectivity index (χ1) is 8.78. The van der Waals surface area contributed by atoms with Gasteiger partial charge in [-0.05, 0) is 37.1 Å². The molecule has 0 bridgehead atoms. The van der Waals surface area contributed by atoms with E-state index in [9.17, 15) is 4.79 Å².